The van der Waals surface area contributed by atoms with E-state index in [9.17, 15) is 14.0 Å². The van der Waals surface area contributed by atoms with Crippen LogP contribution in [0.3, 0.4) is 0 Å². The van der Waals surface area contributed by atoms with E-state index < -0.39 is 15.6 Å². The number of phosphoric acid groups is 2. The Bertz CT molecular complexity index is 856. The maximum atomic E-state index is 11.4. The van der Waals surface area contributed by atoms with E-state index in [1.165, 1.54) is 22.3 Å². The molecule has 1 unspecified atom stereocenters. The summed E-state index contributed by atoms with van der Waals surface area (Å²) in [5.74, 6) is 0. The zero-order valence-electron chi connectivity index (χ0n) is 21.6. The second-order valence-corrected chi connectivity index (χ2v) is 11.8. The van der Waals surface area contributed by atoms with Crippen LogP contribution in [0.4, 0.5) is 0 Å². The van der Waals surface area contributed by atoms with Gasteiger partial charge in [-0.25, -0.2) is 9.13 Å². The molecule has 9 heteroatoms. The monoisotopic (exact) mass is 518 g/mol. The summed E-state index contributed by atoms with van der Waals surface area (Å²) in [4.78, 5) is 26.4. The molecule has 0 aliphatic rings. The Morgan fingerprint density at radius 1 is 0.618 bits per heavy atom. The van der Waals surface area contributed by atoms with Crippen LogP contribution in [0.25, 0.3) is 0 Å². The molecule has 0 aromatic rings. The van der Waals surface area contributed by atoms with Gasteiger partial charge in [-0.05, 0) is 92.9 Å². The number of allylic oxidation sites excluding steroid dienone is 9. The molecule has 0 fully saturated rings. The van der Waals surface area contributed by atoms with E-state index in [0.717, 1.165) is 56.9 Å². The maximum absolute atomic E-state index is 11.4. The van der Waals surface area contributed by atoms with E-state index in [0.29, 0.717) is 0 Å². The Morgan fingerprint density at radius 2 is 0.971 bits per heavy atom. The lowest BCUT2D eigenvalue weighted by Crippen LogP contribution is -1.94. The minimum absolute atomic E-state index is 0.267. The molecular weight excluding hydrogens is 474 g/mol. The number of rotatable bonds is 17. The summed E-state index contributed by atoms with van der Waals surface area (Å²) in [6.07, 6.45) is 18.8. The molecule has 0 aliphatic carbocycles. The molecule has 3 N–H and O–H groups in total. The largest absolute Gasteiger partial charge is 0.481 e. The van der Waals surface area contributed by atoms with Crippen molar-refractivity contribution < 1.29 is 32.6 Å². The highest BCUT2D eigenvalue weighted by atomic mass is 31.3. The first-order chi connectivity index (χ1) is 15.7. The smallest absolute Gasteiger partial charge is 0.302 e. The fraction of sp³-hybridized carbons (Fsp3) is 0.600. The van der Waals surface area contributed by atoms with Gasteiger partial charge in [0.05, 0.1) is 6.61 Å². The van der Waals surface area contributed by atoms with Crippen LogP contribution in [-0.2, 0) is 18.0 Å². The predicted molar refractivity (Wildman–Crippen MR) is 140 cm³/mol. The fourth-order valence-corrected chi connectivity index (χ4v) is 4.59. The Balaban J connectivity index is 4.22. The van der Waals surface area contributed by atoms with E-state index in [2.05, 4.69) is 67.8 Å². The van der Waals surface area contributed by atoms with Crippen LogP contribution in [0.15, 0.2) is 58.2 Å². The molecule has 0 aromatic carbocycles. The van der Waals surface area contributed by atoms with E-state index in [4.69, 9.17) is 9.79 Å². The van der Waals surface area contributed by atoms with Gasteiger partial charge in [0, 0.05) is 0 Å². The molecule has 0 radical (unpaired) electrons. The van der Waals surface area contributed by atoms with Gasteiger partial charge in [-0.3, -0.25) is 4.52 Å². The lowest BCUT2D eigenvalue weighted by molar-refractivity contribution is 0.191. The Kier molecular flexibility index (Phi) is 16.9. The minimum atomic E-state index is -5.09. The van der Waals surface area contributed by atoms with Crippen LogP contribution in [0.5, 0.6) is 0 Å². The van der Waals surface area contributed by atoms with Gasteiger partial charge in [0.1, 0.15) is 0 Å². The van der Waals surface area contributed by atoms with Crippen LogP contribution in [0, 0.1) is 0 Å². The first-order valence-corrected chi connectivity index (χ1v) is 14.7. The van der Waals surface area contributed by atoms with E-state index in [-0.39, 0.29) is 6.61 Å². The van der Waals surface area contributed by atoms with Crippen molar-refractivity contribution in [1.82, 2.24) is 0 Å². The van der Waals surface area contributed by atoms with Gasteiger partial charge in [0.15, 0.2) is 0 Å². The van der Waals surface area contributed by atoms with Crippen molar-refractivity contribution in [3.05, 3.63) is 58.2 Å². The lowest BCUT2D eigenvalue weighted by Gasteiger charge is -2.11. The van der Waals surface area contributed by atoms with Crippen molar-refractivity contribution in [2.45, 2.75) is 92.9 Å². The zero-order chi connectivity index (χ0) is 26.2. The van der Waals surface area contributed by atoms with Gasteiger partial charge >= 0.3 is 15.6 Å². The average molecular weight is 519 g/mol. The van der Waals surface area contributed by atoms with Crippen molar-refractivity contribution in [1.29, 1.82) is 0 Å². The number of hydrogen-bond acceptors (Lipinski definition) is 4. The molecule has 34 heavy (non-hydrogen) atoms. The van der Waals surface area contributed by atoms with Gasteiger partial charge < -0.3 is 14.7 Å². The molecule has 0 aromatic heterocycles. The van der Waals surface area contributed by atoms with Crippen LogP contribution in [0.2, 0.25) is 0 Å². The van der Waals surface area contributed by atoms with E-state index in [1.807, 2.05) is 6.92 Å². The highest BCUT2D eigenvalue weighted by Gasteiger charge is 2.31. The Morgan fingerprint density at radius 3 is 1.32 bits per heavy atom. The van der Waals surface area contributed by atoms with Gasteiger partial charge in [0.2, 0.25) is 0 Å². The summed E-state index contributed by atoms with van der Waals surface area (Å²) in [6, 6.07) is 0. The SMILES string of the molecule is CC(C)=CCC/C(C)=C/CC/C(C)=C/CC/C(C)=C\CC/C(C)=C\COP(=O)(O)OP(=O)(O)O. The average Bonchev–Trinajstić information content (AvgIpc) is 2.65. The summed E-state index contributed by atoms with van der Waals surface area (Å²) < 4.78 is 30.3. The van der Waals surface area contributed by atoms with Crippen LogP contribution >= 0.6 is 15.6 Å². The topological polar surface area (TPSA) is 113 Å². The second kappa shape index (κ2) is 17.4. The zero-order valence-corrected chi connectivity index (χ0v) is 23.4. The summed E-state index contributed by atoms with van der Waals surface area (Å²) in [5, 5.41) is 0. The highest BCUT2D eigenvalue weighted by molar-refractivity contribution is 7.60. The van der Waals surface area contributed by atoms with Crippen molar-refractivity contribution >= 4 is 15.6 Å². The van der Waals surface area contributed by atoms with Crippen molar-refractivity contribution in [2.75, 3.05) is 6.61 Å². The van der Waals surface area contributed by atoms with Crippen LogP contribution < -0.4 is 0 Å². The molecule has 0 heterocycles. The molecule has 7 nitrogen and oxygen atoms in total. The molecular formula is C25H44O7P2. The molecule has 0 spiro atoms. The fourth-order valence-electron chi connectivity index (χ4n) is 3.07. The molecule has 0 rings (SSSR count). The van der Waals surface area contributed by atoms with Crippen LogP contribution in [0.1, 0.15) is 92.9 Å². The van der Waals surface area contributed by atoms with Crippen molar-refractivity contribution in [2.24, 2.45) is 0 Å². The standard InChI is InChI=1S/C25H44O7P2/c1-21(2)11-7-12-22(3)13-8-14-23(4)15-9-16-24(5)17-10-18-25(6)19-20-31-34(29,30)32-33(26,27)28/h11,13,15,17,19H,7-10,12,14,16,18,20H2,1-6H3,(H,29,30)(H2,26,27,28)/b22-13+,23-15+,24-17-,25-19-. The third-order valence-corrected chi connectivity index (χ3v) is 7.22. The predicted octanol–water partition coefficient (Wildman–Crippen LogP) is 8.08. The summed E-state index contributed by atoms with van der Waals surface area (Å²) >= 11 is 0. The van der Waals surface area contributed by atoms with E-state index >= 15 is 0 Å². The molecule has 0 amide bonds. The number of hydrogen-bond donors (Lipinski definition) is 3. The van der Waals surface area contributed by atoms with Crippen LogP contribution in [-0.4, -0.2) is 21.3 Å². The lowest BCUT2D eigenvalue weighted by atomic mass is 10.0. The molecule has 0 aliphatic heterocycles. The molecule has 0 saturated carbocycles. The summed E-state index contributed by atoms with van der Waals surface area (Å²) in [5.41, 5.74) is 6.52. The Hall–Kier alpha value is -1.04. The quantitative estimate of drug-likeness (QED) is 0.132. The van der Waals surface area contributed by atoms with Crippen molar-refractivity contribution in [3.8, 4) is 0 Å². The highest BCUT2D eigenvalue weighted by Crippen LogP contribution is 2.57. The minimum Gasteiger partial charge on any atom is -0.302 e. The van der Waals surface area contributed by atoms with Crippen molar-refractivity contribution in [3.63, 3.8) is 0 Å². The van der Waals surface area contributed by atoms with Gasteiger partial charge in [-0.15, -0.1) is 0 Å². The van der Waals surface area contributed by atoms with E-state index in [1.54, 1.807) is 6.08 Å². The van der Waals surface area contributed by atoms with Gasteiger partial charge in [-0.2, -0.15) is 4.31 Å². The van der Waals surface area contributed by atoms with Gasteiger partial charge in [-0.1, -0.05) is 58.2 Å². The normalized spacial score (nSPS) is 15.9. The summed E-state index contributed by atoms with van der Waals surface area (Å²) in [7, 11) is -9.87. The molecule has 196 valence electrons. The second-order valence-electron chi connectivity index (χ2n) is 8.97. The molecule has 0 bridgehead atoms. The first kappa shape index (κ1) is 33.0. The third-order valence-electron chi connectivity index (χ3n) is 5.06. The molecule has 0 saturated heterocycles. The first-order valence-electron chi connectivity index (χ1n) is 11.7. The summed E-state index contributed by atoms with van der Waals surface area (Å²) in [6.45, 7) is 12.4. The number of phosphoric ester groups is 1. The maximum Gasteiger partial charge on any atom is 0.481 e. The Labute approximate surface area is 206 Å². The third kappa shape index (κ3) is 21.5. The molecule has 1 atom stereocenters. The van der Waals surface area contributed by atoms with Gasteiger partial charge in [0.25, 0.3) is 0 Å².